The molecule has 1 aromatic carbocycles. The summed E-state index contributed by atoms with van der Waals surface area (Å²) in [6, 6.07) is 7.14. The summed E-state index contributed by atoms with van der Waals surface area (Å²) in [6.45, 7) is 5.86. The number of amides is 4. The van der Waals surface area contributed by atoms with Crippen molar-refractivity contribution in [1.29, 1.82) is 0 Å². The molecule has 1 aliphatic heterocycles. The molecule has 0 N–H and O–H groups in total. The van der Waals surface area contributed by atoms with Gasteiger partial charge in [-0.25, -0.2) is 4.79 Å². The summed E-state index contributed by atoms with van der Waals surface area (Å²) in [5.74, 6) is -0.724. The van der Waals surface area contributed by atoms with Gasteiger partial charge in [0.05, 0.1) is 6.54 Å². The summed E-state index contributed by atoms with van der Waals surface area (Å²) in [5.41, 5.74) is 1.99. The largest absolute Gasteiger partial charge is 0.333 e. The van der Waals surface area contributed by atoms with Gasteiger partial charge in [0.15, 0.2) is 0 Å². The first-order valence-electron chi connectivity index (χ1n) is 7.11. The topological polar surface area (TPSA) is 57.7 Å². The summed E-state index contributed by atoms with van der Waals surface area (Å²) in [5, 5.41) is 0. The van der Waals surface area contributed by atoms with Crippen LogP contribution in [0.5, 0.6) is 0 Å². The third-order valence-corrected chi connectivity index (χ3v) is 3.53. The highest BCUT2D eigenvalue weighted by Crippen LogP contribution is 2.17. The first-order chi connectivity index (χ1) is 9.90. The number of imide groups is 2. The van der Waals surface area contributed by atoms with Crippen LogP contribution in [0.4, 0.5) is 4.79 Å². The lowest BCUT2D eigenvalue weighted by Gasteiger charge is -2.33. The minimum atomic E-state index is -0.509. The Bertz CT molecular complexity index is 563. The second-order valence-corrected chi connectivity index (χ2v) is 5.64. The molecule has 0 unspecified atom stereocenters. The molecule has 0 bridgehead atoms. The highest BCUT2D eigenvalue weighted by atomic mass is 16.2. The summed E-state index contributed by atoms with van der Waals surface area (Å²) in [4.78, 5) is 38.7. The van der Waals surface area contributed by atoms with Crippen molar-refractivity contribution < 1.29 is 14.4 Å². The second kappa shape index (κ2) is 6.08. The van der Waals surface area contributed by atoms with E-state index in [-0.39, 0.29) is 37.2 Å². The van der Waals surface area contributed by atoms with Gasteiger partial charge in [-0.3, -0.25) is 19.4 Å². The van der Waals surface area contributed by atoms with Gasteiger partial charge in [0, 0.05) is 18.9 Å². The number of urea groups is 1. The van der Waals surface area contributed by atoms with Gasteiger partial charge in [-0.2, -0.15) is 0 Å². The van der Waals surface area contributed by atoms with E-state index in [9.17, 15) is 14.4 Å². The van der Waals surface area contributed by atoms with Crippen LogP contribution in [0.2, 0.25) is 0 Å². The lowest BCUT2D eigenvalue weighted by atomic mass is 10.1. The average molecular weight is 288 g/mol. The minimum Gasteiger partial charge on any atom is -0.274 e. The van der Waals surface area contributed by atoms with Crippen LogP contribution in [0.25, 0.3) is 0 Å². The Morgan fingerprint density at radius 2 is 1.81 bits per heavy atom. The van der Waals surface area contributed by atoms with Crippen LogP contribution < -0.4 is 0 Å². The molecule has 0 atom stereocenters. The quantitative estimate of drug-likeness (QED) is 0.857. The lowest BCUT2D eigenvalue weighted by Crippen LogP contribution is -2.54. The monoisotopic (exact) mass is 288 g/mol. The summed E-state index contributed by atoms with van der Waals surface area (Å²) in [6.07, 6.45) is 0.191. The van der Waals surface area contributed by atoms with Crippen molar-refractivity contribution >= 4 is 17.8 Å². The van der Waals surface area contributed by atoms with Crippen LogP contribution in [-0.2, 0) is 16.1 Å². The highest BCUT2D eigenvalue weighted by molar-refractivity contribution is 6.04. The number of nitrogens with zero attached hydrogens (tertiary/aromatic N) is 2. The van der Waals surface area contributed by atoms with Crippen LogP contribution in [0.15, 0.2) is 24.3 Å². The van der Waals surface area contributed by atoms with Crippen molar-refractivity contribution in [1.82, 2.24) is 9.80 Å². The van der Waals surface area contributed by atoms with Gasteiger partial charge in [-0.1, -0.05) is 43.7 Å². The molecule has 2 rings (SSSR count). The van der Waals surface area contributed by atoms with Crippen LogP contribution >= 0.6 is 0 Å². The zero-order valence-electron chi connectivity index (χ0n) is 12.6. The minimum absolute atomic E-state index is 0.180. The Hall–Kier alpha value is -2.17. The fraction of sp³-hybridized carbons (Fsp3) is 0.438. The van der Waals surface area contributed by atoms with Crippen molar-refractivity contribution in [2.75, 3.05) is 6.54 Å². The van der Waals surface area contributed by atoms with Gasteiger partial charge in [0.25, 0.3) is 0 Å². The van der Waals surface area contributed by atoms with Crippen molar-refractivity contribution in [2.24, 2.45) is 5.92 Å². The molecule has 5 nitrogen and oxygen atoms in total. The van der Waals surface area contributed by atoms with Gasteiger partial charge >= 0.3 is 6.03 Å². The molecule has 1 heterocycles. The molecule has 0 radical (unpaired) electrons. The Kier molecular flexibility index (Phi) is 4.40. The zero-order chi connectivity index (χ0) is 15.6. The smallest absolute Gasteiger partial charge is 0.274 e. The summed E-state index contributed by atoms with van der Waals surface area (Å²) in [7, 11) is 0. The Morgan fingerprint density at radius 1 is 1.19 bits per heavy atom. The third-order valence-electron chi connectivity index (χ3n) is 3.53. The molecule has 0 saturated carbocycles. The molecule has 0 spiro atoms. The Balaban J connectivity index is 2.16. The molecular weight excluding hydrogens is 268 g/mol. The molecule has 112 valence electrons. The van der Waals surface area contributed by atoms with E-state index in [1.807, 2.05) is 31.2 Å². The fourth-order valence-corrected chi connectivity index (χ4v) is 2.24. The highest BCUT2D eigenvalue weighted by Gasteiger charge is 2.36. The van der Waals surface area contributed by atoms with E-state index in [2.05, 4.69) is 0 Å². The molecule has 0 aromatic heterocycles. The number of benzene rings is 1. The Labute approximate surface area is 124 Å². The van der Waals surface area contributed by atoms with Crippen LogP contribution in [0.3, 0.4) is 0 Å². The normalized spacial score (nSPS) is 15.8. The van der Waals surface area contributed by atoms with Gasteiger partial charge < -0.3 is 0 Å². The molecule has 1 saturated heterocycles. The molecule has 1 aliphatic rings. The van der Waals surface area contributed by atoms with Crippen LogP contribution in [0, 0.1) is 12.8 Å². The van der Waals surface area contributed by atoms with Gasteiger partial charge in [0.2, 0.25) is 11.8 Å². The number of hydrogen-bond donors (Lipinski definition) is 0. The van der Waals surface area contributed by atoms with Crippen LogP contribution in [0.1, 0.15) is 31.4 Å². The van der Waals surface area contributed by atoms with Gasteiger partial charge in [-0.15, -0.1) is 0 Å². The van der Waals surface area contributed by atoms with E-state index in [0.29, 0.717) is 0 Å². The maximum Gasteiger partial charge on any atom is 0.333 e. The van der Waals surface area contributed by atoms with Crippen molar-refractivity contribution in [2.45, 2.75) is 33.7 Å². The molecule has 4 amide bonds. The van der Waals surface area contributed by atoms with E-state index >= 15 is 0 Å². The molecule has 21 heavy (non-hydrogen) atoms. The van der Waals surface area contributed by atoms with E-state index in [4.69, 9.17) is 0 Å². The van der Waals surface area contributed by atoms with Crippen molar-refractivity contribution in [3.8, 4) is 0 Å². The standard InChI is InChI=1S/C16H20N2O3/c1-11(2)15(20)17-9-8-14(19)18(16(17)21)10-13-6-4-12(3)5-7-13/h4-7,11H,8-10H2,1-3H3. The molecule has 5 heteroatoms. The maximum atomic E-state index is 12.4. The fourth-order valence-electron chi connectivity index (χ4n) is 2.24. The summed E-state index contributed by atoms with van der Waals surface area (Å²) >= 11 is 0. The predicted molar refractivity (Wildman–Crippen MR) is 78.3 cm³/mol. The van der Waals surface area contributed by atoms with Gasteiger partial charge in [-0.05, 0) is 12.5 Å². The van der Waals surface area contributed by atoms with Crippen molar-refractivity contribution in [3.05, 3.63) is 35.4 Å². The first kappa shape index (κ1) is 15.2. The number of carbonyl (C=O) groups excluding carboxylic acids is 3. The molecule has 0 aliphatic carbocycles. The number of rotatable bonds is 3. The molecule has 1 aromatic rings. The van der Waals surface area contributed by atoms with E-state index in [1.54, 1.807) is 13.8 Å². The SMILES string of the molecule is Cc1ccc(CN2C(=O)CCN(C(=O)C(C)C)C2=O)cc1. The average Bonchev–Trinajstić information content (AvgIpc) is 2.45. The number of aryl methyl sites for hydroxylation is 1. The van der Waals surface area contributed by atoms with Crippen LogP contribution in [-0.4, -0.2) is 34.2 Å². The second-order valence-electron chi connectivity index (χ2n) is 5.64. The third kappa shape index (κ3) is 3.29. The van der Waals surface area contributed by atoms with E-state index < -0.39 is 6.03 Å². The lowest BCUT2D eigenvalue weighted by molar-refractivity contribution is -0.138. The number of carbonyl (C=O) groups is 3. The van der Waals surface area contributed by atoms with Crippen molar-refractivity contribution in [3.63, 3.8) is 0 Å². The predicted octanol–water partition coefficient (Wildman–Crippen LogP) is 2.33. The van der Waals surface area contributed by atoms with E-state index in [0.717, 1.165) is 16.0 Å². The first-order valence-corrected chi connectivity index (χ1v) is 7.11. The van der Waals surface area contributed by atoms with E-state index in [1.165, 1.54) is 4.90 Å². The number of hydrogen-bond acceptors (Lipinski definition) is 3. The Morgan fingerprint density at radius 3 is 2.38 bits per heavy atom. The van der Waals surface area contributed by atoms with Gasteiger partial charge in [0.1, 0.15) is 0 Å². The zero-order valence-corrected chi connectivity index (χ0v) is 12.6. The molecular formula is C16H20N2O3. The molecule has 1 fully saturated rings. The summed E-state index contributed by atoms with van der Waals surface area (Å²) < 4.78 is 0. The maximum absolute atomic E-state index is 12.4.